The van der Waals surface area contributed by atoms with Gasteiger partial charge < -0.3 is 24.8 Å². The number of ether oxygens (including phenoxy) is 3. The second-order valence-corrected chi connectivity index (χ2v) is 6.42. The summed E-state index contributed by atoms with van der Waals surface area (Å²) in [6, 6.07) is 3.06. The lowest BCUT2D eigenvalue weighted by Crippen LogP contribution is -2.37. The molecular formula is C18H27F3N4O3. The SMILES string of the molecule is CN=C(NCCCOCC1CCOC1)NCc1ccc(OCC(F)(F)F)nc1. The Morgan fingerprint density at radius 3 is 2.86 bits per heavy atom. The fourth-order valence-corrected chi connectivity index (χ4v) is 2.51. The highest BCUT2D eigenvalue weighted by atomic mass is 19.4. The van der Waals surface area contributed by atoms with Gasteiger partial charge in [0, 0.05) is 51.5 Å². The molecule has 28 heavy (non-hydrogen) atoms. The third-order valence-electron chi connectivity index (χ3n) is 4.00. The van der Waals surface area contributed by atoms with Crippen LogP contribution in [0, 0.1) is 5.92 Å². The maximum absolute atomic E-state index is 12.1. The number of hydrogen-bond donors (Lipinski definition) is 2. The number of rotatable bonds is 10. The van der Waals surface area contributed by atoms with Crippen LogP contribution in [0.4, 0.5) is 13.2 Å². The smallest absolute Gasteiger partial charge is 0.422 e. The maximum Gasteiger partial charge on any atom is 0.422 e. The van der Waals surface area contributed by atoms with E-state index in [-0.39, 0.29) is 5.88 Å². The number of aromatic nitrogens is 1. The van der Waals surface area contributed by atoms with Gasteiger partial charge in [-0.2, -0.15) is 13.2 Å². The molecule has 0 bridgehead atoms. The Labute approximate surface area is 162 Å². The fourth-order valence-electron chi connectivity index (χ4n) is 2.51. The van der Waals surface area contributed by atoms with Crippen molar-refractivity contribution in [2.75, 3.05) is 46.6 Å². The summed E-state index contributed by atoms with van der Waals surface area (Å²) in [5.41, 5.74) is 0.796. The highest BCUT2D eigenvalue weighted by Crippen LogP contribution is 2.17. The molecule has 1 aromatic rings. The Bertz CT molecular complexity index is 591. The number of pyridine rings is 1. The Balaban J connectivity index is 1.58. The molecule has 0 saturated carbocycles. The summed E-state index contributed by atoms with van der Waals surface area (Å²) in [7, 11) is 1.66. The van der Waals surface area contributed by atoms with Gasteiger partial charge in [-0.05, 0) is 18.4 Å². The van der Waals surface area contributed by atoms with E-state index in [2.05, 4.69) is 25.3 Å². The molecule has 1 unspecified atom stereocenters. The summed E-state index contributed by atoms with van der Waals surface area (Å²) in [5, 5.41) is 6.30. The normalized spacial score (nSPS) is 17.6. The van der Waals surface area contributed by atoms with Gasteiger partial charge in [0.1, 0.15) is 0 Å². The largest absolute Gasteiger partial charge is 0.468 e. The van der Waals surface area contributed by atoms with Gasteiger partial charge in [0.05, 0.1) is 13.2 Å². The van der Waals surface area contributed by atoms with Gasteiger partial charge in [0.25, 0.3) is 0 Å². The van der Waals surface area contributed by atoms with Crippen molar-refractivity contribution >= 4 is 5.96 Å². The minimum Gasteiger partial charge on any atom is -0.468 e. The van der Waals surface area contributed by atoms with Crippen LogP contribution in [-0.4, -0.2) is 63.7 Å². The van der Waals surface area contributed by atoms with Crippen LogP contribution in [0.25, 0.3) is 0 Å². The van der Waals surface area contributed by atoms with E-state index >= 15 is 0 Å². The van der Waals surface area contributed by atoms with E-state index in [1.165, 1.54) is 12.3 Å². The molecule has 2 heterocycles. The predicted molar refractivity (Wildman–Crippen MR) is 98.4 cm³/mol. The summed E-state index contributed by atoms with van der Waals surface area (Å²) in [6.07, 6.45) is -0.997. The number of nitrogens with one attached hydrogen (secondary N) is 2. The number of halogens is 3. The van der Waals surface area contributed by atoms with Crippen LogP contribution in [0.2, 0.25) is 0 Å². The topological polar surface area (TPSA) is 77.0 Å². The molecule has 10 heteroatoms. The minimum absolute atomic E-state index is 0.0623. The highest BCUT2D eigenvalue weighted by Gasteiger charge is 2.28. The molecule has 2 N–H and O–H groups in total. The number of hydrogen-bond acceptors (Lipinski definition) is 5. The lowest BCUT2D eigenvalue weighted by molar-refractivity contribution is -0.154. The molecule has 1 fully saturated rings. The summed E-state index contributed by atoms with van der Waals surface area (Å²) in [6.45, 7) is 2.82. The Morgan fingerprint density at radius 1 is 1.36 bits per heavy atom. The van der Waals surface area contributed by atoms with Gasteiger partial charge in [-0.25, -0.2) is 4.98 Å². The van der Waals surface area contributed by atoms with Crippen molar-refractivity contribution in [1.29, 1.82) is 0 Å². The first-order valence-corrected chi connectivity index (χ1v) is 9.21. The molecular weight excluding hydrogens is 377 g/mol. The zero-order chi connectivity index (χ0) is 20.2. The second-order valence-electron chi connectivity index (χ2n) is 6.42. The van der Waals surface area contributed by atoms with Crippen LogP contribution < -0.4 is 15.4 Å². The number of aliphatic imine (C=N–C) groups is 1. The highest BCUT2D eigenvalue weighted by molar-refractivity contribution is 5.79. The molecule has 1 aliphatic rings. The van der Waals surface area contributed by atoms with Crippen molar-refractivity contribution in [1.82, 2.24) is 15.6 Å². The molecule has 0 aromatic carbocycles. The standard InChI is InChI=1S/C18H27F3N4O3/c1-22-17(23-6-2-7-26-11-15-5-8-27-12-15)25-10-14-3-4-16(24-9-14)28-13-18(19,20)21/h3-4,9,15H,2,5-8,10-13H2,1H3,(H2,22,23,25). The Kier molecular flexibility index (Phi) is 9.29. The lowest BCUT2D eigenvalue weighted by Gasteiger charge is -2.13. The van der Waals surface area contributed by atoms with E-state index in [4.69, 9.17) is 9.47 Å². The summed E-state index contributed by atoms with van der Waals surface area (Å²) in [5.74, 6) is 1.08. The first kappa shape index (κ1) is 22.2. The summed E-state index contributed by atoms with van der Waals surface area (Å²) < 4.78 is 51.9. The quantitative estimate of drug-likeness (QED) is 0.354. The van der Waals surface area contributed by atoms with Crippen molar-refractivity contribution in [3.05, 3.63) is 23.9 Å². The molecule has 1 atom stereocenters. The molecule has 1 aromatic heterocycles. The van der Waals surface area contributed by atoms with Gasteiger partial charge in [0.15, 0.2) is 12.6 Å². The summed E-state index contributed by atoms with van der Waals surface area (Å²) >= 11 is 0. The molecule has 1 saturated heterocycles. The van der Waals surface area contributed by atoms with Gasteiger partial charge in [0.2, 0.25) is 5.88 Å². The molecule has 0 radical (unpaired) electrons. The Morgan fingerprint density at radius 2 is 2.21 bits per heavy atom. The summed E-state index contributed by atoms with van der Waals surface area (Å²) in [4.78, 5) is 7.99. The van der Waals surface area contributed by atoms with Gasteiger partial charge >= 0.3 is 6.18 Å². The third-order valence-corrected chi connectivity index (χ3v) is 4.00. The van der Waals surface area contributed by atoms with Crippen LogP contribution in [-0.2, 0) is 16.0 Å². The van der Waals surface area contributed by atoms with Crippen molar-refractivity contribution in [2.24, 2.45) is 10.9 Å². The molecule has 1 aliphatic heterocycles. The van der Waals surface area contributed by atoms with Crippen LogP contribution in [0.1, 0.15) is 18.4 Å². The van der Waals surface area contributed by atoms with Crippen LogP contribution in [0.3, 0.4) is 0 Å². The zero-order valence-electron chi connectivity index (χ0n) is 15.9. The number of nitrogens with zero attached hydrogens (tertiary/aromatic N) is 2. The minimum atomic E-state index is -4.38. The third kappa shape index (κ3) is 9.23. The molecule has 2 rings (SSSR count). The predicted octanol–water partition coefficient (Wildman–Crippen LogP) is 2.13. The molecule has 158 valence electrons. The molecule has 0 spiro atoms. The first-order valence-electron chi connectivity index (χ1n) is 9.21. The van der Waals surface area contributed by atoms with E-state index in [1.807, 2.05) is 0 Å². The zero-order valence-corrected chi connectivity index (χ0v) is 15.9. The first-order chi connectivity index (χ1) is 13.5. The van der Waals surface area contributed by atoms with Crippen molar-refractivity contribution in [3.8, 4) is 5.88 Å². The van der Waals surface area contributed by atoms with Crippen LogP contribution >= 0.6 is 0 Å². The maximum atomic E-state index is 12.1. The van der Waals surface area contributed by atoms with Crippen molar-refractivity contribution in [3.63, 3.8) is 0 Å². The van der Waals surface area contributed by atoms with E-state index in [0.717, 1.165) is 38.2 Å². The van der Waals surface area contributed by atoms with Crippen molar-refractivity contribution in [2.45, 2.75) is 25.6 Å². The average molecular weight is 404 g/mol. The van der Waals surface area contributed by atoms with Gasteiger partial charge in [-0.1, -0.05) is 6.07 Å². The molecule has 0 aliphatic carbocycles. The second kappa shape index (κ2) is 11.7. The van der Waals surface area contributed by atoms with Gasteiger partial charge in [-0.3, -0.25) is 4.99 Å². The van der Waals surface area contributed by atoms with Gasteiger partial charge in [-0.15, -0.1) is 0 Å². The van der Waals surface area contributed by atoms with E-state index in [0.29, 0.717) is 31.6 Å². The fraction of sp³-hybridized carbons (Fsp3) is 0.667. The van der Waals surface area contributed by atoms with E-state index in [9.17, 15) is 13.2 Å². The Hall–Kier alpha value is -2.07. The van der Waals surface area contributed by atoms with Crippen molar-refractivity contribution < 1.29 is 27.4 Å². The molecule has 7 nitrogen and oxygen atoms in total. The van der Waals surface area contributed by atoms with Crippen LogP contribution in [0.5, 0.6) is 5.88 Å². The molecule has 0 amide bonds. The lowest BCUT2D eigenvalue weighted by atomic mass is 10.1. The van der Waals surface area contributed by atoms with Crippen LogP contribution in [0.15, 0.2) is 23.3 Å². The van der Waals surface area contributed by atoms with E-state index in [1.54, 1.807) is 13.1 Å². The monoisotopic (exact) mass is 404 g/mol. The number of guanidine groups is 1. The number of alkyl halides is 3. The van der Waals surface area contributed by atoms with E-state index < -0.39 is 12.8 Å². The average Bonchev–Trinajstić information content (AvgIpc) is 3.19.